The van der Waals surface area contributed by atoms with Crippen LogP contribution in [0.3, 0.4) is 0 Å². The van der Waals surface area contributed by atoms with Gasteiger partial charge in [-0.2, -0.15) is 0 Å². The Morgan fingerprint density at radius 3 is 2.51 bits per heavy atom. The van der Waals surface area contributed by atoms with Gasteiger partial charge in [-0.3, -0.25) is 19.8 Å². The Balaban J connectivity index is 1.50. The van der Waals surface area contributed by atoms with Crippen molar-refractivity contribution in [3.8, 4) is 0 Å². The van der Waals surface area contributed by atoms with Crippen molar-refractivity contribution in [2.45, 2.75) is 109 Å². The summed E-state index contributed by atoms with van der Waals surface area (Å²) in [4.78, 5) is 35.1. The van der Waals surface area contributed by atoms with Crippen LogP contribution in [0.1, 0.15) is 67.2 Å². The van der Waals surface area contributed by atoms with Gasteiger partial charge in [0.25, 0.3) is 0 Å². The number of ether oxygens (including phenoxy) is 4. The predicted octanol–water partition coefficient (Wildman–Crippen LogP) is 2.63. The number of allylic oxidation sites excluding steroid dienone is 2. The average Bonchev–Trinajstić information content (AvgIpc) is 3.64. The SMILES string of the molecule is CC(=O)OC(C)C=CC(=O)NC1CC(C)C(CC=C(C)C=CC2OC(CC(=O)NN)CC3(CO3)C2C)OC1C. The summed E-state index contributed by atoms with van der Waals surface area (Å²) in [6, 6.07) is -0.0985. The number of hydrogen-bond donors (Lipinski definition) is 3. The second-order valence-electron chi connectivity index (χ2n) is 11.3. The van der Waals surface area contributed by atoms with Crippen LogP contribution in [0.4, 0.5) is 0 Å². The number of nitrogens with one attached hydrogen (secondary N) is 2. The number of hydrogen-bond acceptors (Lipinski definition) is 8. The maximum atomic E-state index is 12.4. The van der Waals surface area contributed by atoms with E-state index < -0.39 is 6.10 Å². The fourth-order valence-electron chi connectivity index (χ4n) is 5.41. The molecule has 4 N–H and O–H groups in total. The van der Waals surface area contributed by atoms with Crippen LogP contribution in [0.2, 0.25) is 0 Å². The van der Waals surface area contributed by atoms with Crippen molar-refractivity contribution < 1.29 is 33.3 Å². The van der Waals surface area contributed by atoms with E-state index in [1.165, 1.54) is 13.0 Å². The number of epoxide rings is 1. The largest absolute Gasteiger partial charge is 0.459 e. The summed E-state index contributed by atoms with van der Waals surface area (Å²) in [6.07, 6.45) is 10.8. The van der Waals surface area contributed by atoms with Crippen LogP contribution in [-0.2, 0) is 33.3 Å². The van der Waals surface area contributed by atoms with Gasteiger partial charge in [-0.15, -0.1) is 0 Å². The van der Waals surface area contributed by atoms with Gasteiger partial charge in [0.05, 0.1) is 49.1 Å². The van der Waals surface area contributed by atoms with Gasteiger partial charge in [-0.1, -0.05) is 37.6 Å². The van der Waals surface area contributed by atoms with Crippen molar-refractivity contribution in [1.82, 2.24) is 10.7 Å². The molecule has 2 amide bonds. The monoisotopic (exact) mass is 547 g/mol. The number of carbonyl (C=O) groups excluding carboxylic acids is 3. The highest BCUT2D eigenvalue weighted by molar-refractivity contribution is 5.87. The van der Waals surface area contributed by atoms with Crippen molar-refractivity contribution in [3.05, 3.63) is 36.0 Å². The molecule has 3 fully saturated rings. The van der Waals surface area contributed by atoms with E-state index >= 15 is 0 Å². The summed E-state index contributed by atoms with van der Waals surface area (Å²) in [6.45, 7) is 12.0. The first-order valence-electron chi connectivity index (χ1n) is 13.9. The lowest BCUT2D eigenvalue weighted by Crippen LogP contribution is -2.50. The Bertz CT molecular complexity index is 974. The smallest absolute Gasteiger partial charge is 0.303 e. The third kappa shape index (κ3) is 8.99. The normalized spacial score (nSPS) is 35.7. The fourth-order valence-corrected chi connectivity index (χ4v) is 5.41. The molecule has 1 spiro atoms. The van der Waals surface area contributed by atoms with Crippen LogP contribution >= 0.6 is 0 Å². The molecule has 3 heterocycles. The number of nitrogens with two attached hydrogens (primary N) is 1. The van der Waals surface area contributed by atoms with Crippen LogP contribution in [-0.4, -0.2) is 66.6 Å². The maximum Gasteiger partial charge on any atom is 0.303 e. The van der Waals surface area contributed by atoms with Gasteiger partial charge in [0.15, 0.2) is 0 Å². The van der Waals surface area contributed by atoms with Gasteiger partial charge < -0.3 is 24.3 Å². The molecule has 9 unspecified atom stereocenters. The zero-order valence-corrected chi connectivity index (χ0v) is 24.0. The molecule has 0 aromatic heterocycles. The van der Waals surface area contributed by atoms with E-state index in [1.54, 1.807) is 13.0 Å². The van der Waals surface area contributed by atoms with Gasteiger partial charge in [-0.25, -0.2) is 5.84 Å². The van der Waals surface area contributed by atoms with E-state index in [1.807, 2.05) is 6.92 Å². The summed E-state index contributed by atoms with van der Waals surface area (Å²) >= 11 is 0. The highest BCUT2D eigenvalue weighted by Crippen LogP contribution is 2.47. The van der Waals surface area contributed by atoms with E-state index in [0.717, 1.165) is 18.4 Å². The van der Waals surface area contributed by atoms with E-state index in [9.17, 15) is 14.4 Å². The zero-order chi connectivity index (χ0) is 28.7. The third-order valence-corrected chi connectivity index (χ3v) is 7.97. The second-order valence-corrected chi connectivity index (χ2v) is 11.3. The summed E-state index contributed by atoms with van der Waals surface area (Å²) in [5.74, 6) is 4.84. The van der Waals surface area contributed by atoms with E-state index in [0.29, 0.717) is 13.0 Å². The first kappa shape index (κ1) is 31.0. The number of hydrazine groups is 1. The Hall–Kier alpha value is -2.53. The fraction of sp³-hybridized carbons (Fsp3) is 0.690. The minimum atomic E-state index is -0.462. The lowest BCUT2D eigenvalue weighted by Gasteiger charge is -2.39. The Morgan fingerprint density at radius 1 is 1.15 bits per heavy atom. The minimum Gasteiger partial charge on any atom is -0.459 e. The number of carbonyl (C=O) groups is 3. The summed E-state index contributed by atoms with van der Waals surface area (Å²) in [5.41, 5.74) is 3.07. The molecule has 0 aliphatic carbocycles. The standard InChI is InChI=1S/C29H45N3O7/c1-17(8-11-26-20(4)29(16-36-29)15-23(39-26)14-28(35)32-30)7-10-25-18(2)13-24(21(5)38-25)31-27(34)12-9-19(3)37-22(6)33/h7-9,11-12,18-21,23-26H,10,13-16,30H2,1-6H3,(H,31,34)(H,32,35). The molecule has 0 aromatic carbocycles. The molecule has 0 aromatic rings. The minimum absolute atomic E-state index is 0.0446. The van der Waals surface area contributed by atoms with Crippen molar-refractivity contribution in [3.63, 3.8) is 0 Å². The van der Waals surface area contributed by atoms with Gasteiger partial charge in [-0.05, 0) is 45.6 Å². The molecule has 218 valence electrons. The lowest BCUT2D eigenvalue weighted by molar-refractivity contribution is -0.143. The summed E-state index contributed by atoms with van der Waals surface area (Å²) in [5, 5.41) is 3.01. The lowest BCUT2D eigenvalue weighted by atomic mass is 9.81. The molecule has 3 saturated heterocycles. The molecular formula is C29H45N3O7. The van der Waals surface area contributed by atoms with Crippen molar-refractivity contribution in [2.75, 3.05) is 6.61 Å². The third-order valence-electron chi connectivity index (χ3n) is 7.97. The highest BCUT2D eigenvalue weighted by atomic mass is 16.6. The Morgan fingerprint density at radius 2 is 1.87 bits per heavy atom. The average molecular weight is 548 g/mol. The van der Waals surface area contributed by atoms with E-state index in [4.69, 9.17) is 24.8 Å². The summed E-state index contributed by atoms with van der Waals surface area (Å²) in [7, 11) is 0. The molecule has 3 aliphatic rings. The quantitative estimate of drug-likeness (QED) is 0.0721. The number of esters is 1. The van der Waals surface area contributed by atoms with E-state index in [2.05, 4.69) is 49.7 Å². The van der Waals surface area contributed by atoms with Crippen molar-refractivity contribution >= 4 is 17.8 Å². The second kappa shape index (κ2) is 13.7. The Kier molecular flexibility index (Phi) is 10.9. The van der Waals surface area contributed by atoms with Crippen LogP contribution in [0.5, 0.6) is 0 Å². The molecule has 0 saturated carbocycles. The number of amides is 2. The van der Waals surface area contributed by atoms with Gasteiger partial charge >= 0.3 is 5.97 Å². The molecule has 39 heavy (non-hydrogen) atoms. The molecule has 0 radical (unpaired) electrons. The predicted molar refractivity (Wildman–Crippen MR) is 146 cm³/mol. The van der Waals surface area contributed by atoms with Crippen molar-refractivity contribution in [2.24, 2.45) is 17.7 Å². The maximum absolute atomic E-state index is 12.4. The first-order chi connectivity index (χ1) is 18.4. The Labute approximate surface area is 231 Å². The molecule has 9 atom stereocenters. The van der Waals surface area contributed by atoms with Crippen LogP contribution in [0.25, 0.3) is 0 Å². The molecule has 3 rings (SSSR count). The number of rotatable bonds is 10. The highest BCUT2D eigenvalue weighted by Gasteiger charge is 2.56. The summed E-state index contributed by atoms with van der Waals surface area (Å²) < 4.78 is 23.3. The van der Waals surface area contributed by atoms with Gasteiger partial charge in [0.1, 0.15) is 6.10 Å². The van der Waals surface area contributed by atoms with Crippen LogP contribution in [0.15, 0.2) is 36.0 Å². The molecule has 3 aliphatic heterocycles. The van der Waals surface area contributed by atoms with Crippen LogP contribution in [0, 0.1) is 11.8 Å². The molecule has 10 nitrogen and oxygen atoms in total. The first-order valence-corrected chi connectivity index (χ1v) is 13.9. The van der Waals surface area contributed by atoms with Gasteiger partial charge in [0.2, 0.25) is 11.8 Å². The molecular weight excluding hydrogens is 502 g/mol. The van der Waals surface area contributed by atoms with Crippen LogP contribution < -0.4 is 16.6 Å². The van der Waals surface area contributed by atoms with E-state index in [-0.39, 0.29) is 72.1 Å². The van der Waals surface area contributed by atoms with Gasteiger partial charge in [0, 0.05) is 25.3 Å². The molecule has 0 bridgehead atoms. The van der Waals surface area contributed by atoms with Crippen molar-refractivity contribution in [1.29, 1.82) is 0 Å². The topological polar surface area (TPSA) is 142 Å². The zero-order valence-electron chi connectivity index (χ0n) is 24.0. The molecule has 10 heteroatoms.